The first kappa shape index (κ1) is 19.7. The van der Waals surface area contributed by atoms with Gasteiger partial charge in [0.15, 0.2) is 0 Å². The van der Waals surface area contributed by atoms with E-state index in [4.69, 9.17) is 16.3 Å². The summed E-state index contributed by atoms with van der Waals surface area (Å²) in [4.78, 5) is 12.5. The molecule has 1 N–H and O–H groups in total. The maximum Gasteiger partial charge on any atom is 0.251 e. The highest BCUT2D eigenvalue weighted by Gasteiger charge is 2.30. The number of sulfonamides is 1. The van der Waals surface area contributed by atoms with Crippen LogP contribution in [0.1, 0.15) is 28.8 Å². The number of methoxy groups -OCH3 is 1. The van der Waals surface area contributed by atoms with Gasteiger partial charge in [-0.05, 0) is 42.7 Å². The third-order valence-corrected chi connectivity index (χ3v) is 6.79. The lowest BCUT2D eigenvalue weighted by atomic mass is 10.2. The SMILES string of the molecule is COc1ccc(C(=O)NCc2ccccc2Cl)cc1S(=O)(=O)N1CCCC1. The van der Waals surface area contributed by atoms with Crippen LogP contribution in [0.3, 0.4) is 0 Å². The molecule has 6 nitrogen and oxygen atoms in total. The van der Waals surface area contributed by atoms with E-state index in [2.05, 4.69) is 5.32 Å². The molecule has 1 aliphatic rings. The van der Waals surface area contributed by atoms with Crippen LogP contribution >= 0.6 is 11.6 Å². The number of rotatable bonds is 6. The van der Waals surface area contributed by atoms with E-state index >= 15 is 0 Å². The van der Waals surface area contributed by atoms with Crippen molar-refractivity contribution in [1.29, 1.82) is 0 Å². The number of hydrogen-bond acceptors (Lipinski definition) is 4. The summed E-state index contributed by atoms with van der Waals surface area (Å²) in [6.07, 6.45) is 1.67. The van der Waals surface area contributed by atoms with E-state index in [0.717, 1.165) is 18.4 Å². The molecule has 0 bridgehead atoms. The fourth-order valence-electron chi connectivity index (χ4n) is 3.01. The van der Waals surface area contributed by atoms with Gasteiger partial charge in [0, 0.05) is 30.2 Å². The first-order valence-electron chi connectivity index (χ1n) is 8.63. The van der Waals surface area contributed by atoms with Crippen molar-refractivity contribution in [3.8, 4) is 5.75 Å². The van der Waals surface area contributed by atoms with Crippen LogP contribution in [0.25, 0.3) is 0 Å². The number of carbonyl (C=O) groups excluding carboxylic acids is 1. The highest BCUT2D eigenvalue weighted by Crippen LogP contribution is 2.30. The summed E-state index contributed by atoms with van der Waals surface area (Å²) in [6.45, 7) is 1.21. The van der Waals surface area contributed by atoms with Crippen LogP contribution in [0.2, 0.25) is 5.02 Å². The first-order chi connectivity index (χ1) is 12.9. The highest BCUT2D eigenvalue weighted by atomic mass is 35.5. The molecule has 1 saturated heterocycles. The van der Waals surface area contributed by atoms with Crippen molar-refractivity contribution in [1.82, 2.24) is 9.62 Å². The molecule has 0 radical (unpaired) electrons. The minimum Gasteiger partial charge on any atom is -0.495 e. The van der Waals surface area contributed by atoms with Gasteiger partial charge in [0.05, 0.1) is 7.11 Å². The predicted octanol–water partition coefficient (Wildman–Crippen LogP) is 3.06. The van der Waals surface area contributed by atoms with Gasteiger partial charge in [-0.2, -0.15) is 4.31 Å². The molecule has 0 aliphatic carbocycles. The molecule has 2 aromatic rings. The van der Waals surface area contributed by atoms with Crippen LogP contribution in [-0.4, -0.2) is 38.8 Å². The topological polar surface area (TPSA) is 75.7 Å². The van der Waals surface area contributed by atoms with E-state index in [-0.39, 0.29) is 28.7 Å². The summed E-state index contributed by atoms with van der Waals surface area (Å²) >= 11 is 6.10. The van der Waals surface area contributed by atoms with Gasteiger partial charge in [0.2, 0.25) is 10.0 Å². The molecule has 0 spiro atoms. The quantitative estimate of drug-likeness (QED) is 0.797. The number of ether oxygens (including phenoxy) is 1. The Morgan fingerprint density at radius 1 is 1.19 bits per heavy atom. The van der Waals surface area contributed by atoms with Crippen LogP contribution in [-0.2, 0) is 16.6 Å². The minimum atomic E-state index is -3.70. The van der Waals surface area contributed by atoms with Crippen LogP contribution in [0.15, 0.2) is 47.4 Å². The zero-order valence-electron chi connectivity index (χ0n) is 14.9. The molecule has 0 atom stereocenters. The summed E-state index contributed by atoms with van der Waals surface area (Å²) in [7, 11) is -2.29. The summed E-state index contributed by atoms with van der Waals surface area (Å²) in [5.41, 5.74) is 1.03. The van der Waals surface area contributed by atoms with Gasteiger partial charge < -0.3 is 10.1 Å². The summed E-state index contributed by atoms with van der Waals surface area (Å²) in [5.74, 6) is -0.153. The standard InChI is InChI=1S/C19H21ClN2O4S/c1-26-17-9-8-14(12-18(17)27(24,25)22-10-4-5-11-22)19(23)21-13-15-6-2-3-7-16(15)20/h2-3,6-9,12H,4-5,10-11,13H2,1H3,(H,21,23). The lowest BCUT2D eigenvalue weighted by Crippen LogP contribution is -2.29. The van der Waals surface area contributed by atoms with Crippen molar-refractivity contribution in [3.05, 3.63) is 58.6 Å². The minimum absolute atomic E-state index is 0.0114. The van der Waals surface area contributed by atoms with Gasteiger partial charge in [-0.15, -0.1) is 0 Å². The van der Waals surface area contributed by atoms with E-state index in [0.29, 0.717) is 18.1 Å². The van der Waals surface area contributed by atoms with Crippen molar-refractivity contribution in [2.45, 2.75) is 24.3 Å². The maximum absolute atomic E-state index is 12.9. The Bertz CT molecular complexity index is 940. The van der Waals surface area contributed by atoms with Crippen molar-refractivity contribution in [2.24, 2.45) is 0 Å². The normalized spacial score (nSPS) is 14.9. The molecule has 1 heterocycles. The van der Waals surface area contributed by atoms with Crippen LogP contribution < -0.4 is 10.1 Å². The van der Waals surface area contributed by atoms with Gasteiger partial charge in [-0.1, -0.05) is 29.8 Å². The molecule has 8 heteroatoms. The van der Waals surface area contributed by atoms with E-state index in [1.165, 1.54) is 23.5 Å². The Kier molecular flexibility index (Phi) is 6.04. The molecule has 1 fully saturated rings. The average molecular weight is 409 g/mol. The molecule has 0 unspecified atom stereocenters. The molecule has 27 heavy (non-hydrogen) atoms. The lowest BCUT2D eigenvalue weighted by Gasteiger charge is -2.18. The largest absolute Gasteiger partial charge is 0.495 e. The molecule has 0 aromatic heterocycles. The first-order valence-corrected chi connectivity index (χ1v) is 10.4. The number of nitrogens with one attached hydrogen (secondary N) is 1. The van der Waals surface area contributed by atoms with Crippen LogP contribution in [0.4, 0.5) is 0 Å². The third kappa shape index (κ3) is 4.26. The fraction of sp³-hybridized carbons (Fsp3) is 0.316. The van der Waals surface area contributed by atoms with Gasteiger partial charge >= 0.3 is 0 Å². The lowest BCUT2D eigenvalue weighted by molar-refractivity contribution is 0.0950. The number of amides is 1. The van der Waals surface area contributed by atoms with Crippen molar-refractivity contribution < 1.29 is 17.9 Å². The Hall–Kier alpha value is -2.09. The zero-order valence-corrected chi connectivity index (χ0v) is 16.5. The van der Waals surface area contributed by atoms with Crippen molar-refractivity contribution in [3.63, 3.8) is 0 Å². The molecule has 3 rings (SSSR count). The molecule has 2 aromatic carbocycles. The van der Waals surface area contributed by atoms with Crippen LogP contribution in [0, 0.1) is 0 Å². The monoisotopic (exact) mass is 408 g/mol. The third-order valence-electron chi connectivity index (χ3n) is 4.51. The Morgan fingerprint density at radius 3 is 2.56 bits per heavy atom. The van der Waals surface area contributed by atoms with Crippen molar-refractivity contribution >= 4 is 27.5 Å². The molecular weight excluding hydrogens is 388 g/mol. The van der Waals surface area contributed by atoms with Gasteiger partial charge in [-0.3, -0.25) is 4.79 Å². The number of carbonyl (C=O) groups is 1. The van der Waals surface area contributed by atoms with Gasteiger partial charge in [-0.25, -0.2) is 8.42 Å². The maximum atomic E-state index is 12.9. The smallest absolute Gasteiger partial charge is 0.251 e. The van der Waals surface area contributed by atoms with Crippen LogP contribution in [0.5, 0.6) is 5.75 Å². The number of nitrogens with zero attached hydrogens (tertiary/aromatic N) is 1. The molecule has 144 valence electrons. The highest BCUT2D eigenvalue weighted by molar-refractivity contribution is 7.89. The average Bonchev–Trinajstić information content (AvgIpc) is 3.22. The summed E-state index contributed by atoms with van der Waals surface area (Å²) in [6, 6.07) is 11.6. The summed E-state index contributed by atoms with van der Waals surface area (Å²) in [5, 5.41) is 3.33. The second kappa shape index (κ2) is 8.29. The molecule has 1 amide bonds. The van der Waals surface area contributed by atoms with E-state index < -0.39 is 10.0 Å². The summed E-state index contributed by atoms with van der Waals surface area (Å²) < 4.78 is 32.5. The van der Waals surface area contributed by atoms with E-state index in [1.807, 2.05) is 18.2 Å². The fourth-order valence-corrected chi connectivity index (χ4v) is 4.91. The second-order valence-corrected chi connectivity index (χ2v) is 8.56. The number of hydrogen-bond donors (Lipinski definition) is 1. The molecular formula is C19H21ClN2O4S. The second-order valence-electron chi connectivity index (χ2n) is 6.25. The Morgan fingerprint density at radius 2 is 1.89 bits per heavy atom. The zero-order chi connectivity index (χ0) is 19.4. The van der Waals surface area contributed by atoms with E-state index in [9.17, 15) is 13.2 Å². The molecule has 0 saturated carbocycles. The Balaban J connectivity index is 1.84. The number of halogens is 1. The number of benzene rings is 2. The Labute approximate surface area is 164 Å². The predicted molar refractivity (Wildman–Crippen MR) is 104 cm³/mol. The molecule has 1 aliphatic heterocycles. The van der Waals surface area contributed by atoms with Gasteiger partial charge in [0.25, 0.3) is 5.91 Å². The van der Waals surface area contributed by atoms with Crippen molar-refractivity contribution in [2.75, 3.05) is 20.2 Å². The van der Waals surface area contributed by atoms with E-state index in [1.54, 1.807) is 12.1 Å². The van der Waals surface area contributed by atoms with Gasteiger partial charge in [0.1, 0.15) is 10.6 Å².